The first-order chi connectivity index (χ1) is 12.0. The topological polar surface area (TPSA) is 114 Å². The van der Waals surface area contributed by atoms with Gasteiger partial charge < -0.3 is 14.8 Å². The predicted octanol–water partition coefficient (Wildman–Crippen LogP) is 1.57. The molecule has 9 heteroatoms. The standard InChI is InChI=1S/C16H21N5O3S/c1-9-8-13(22)20-16(18-9)25-10(2)14(23)17-7-6-12-19-15(24-21-12)11-4-3-5-11/h8,10-11H,3-7H2,1-2H3,(H,17,23)(H,18,20,22)/t10-/m0/s1. The first-order valence-electron chi connectivity index (χ1n) is 8.36. The fraction of sp³-hybridized carbons (Fsp3) is 0.562. The summed E-state index contributed by atoms with van der Waals surface area (Å²) in [7, 11) is 0. The summed E-state index contributed by atoms with van der Waals surface area (Å²) >= 11 is 1.22. The highest BCUT2D eigenvalue weighted by atomic mass is 32.2. The number of nitrogens with one attached hydrogen (secondary N) is 2. The molecule has 0 aromatic carbocycles. The quantitative estimate of drug-likeness (QED) is 0.567. The fourth-order valence-electron chi connectivity index (χ4n) is 2.46. The number of hydrogen-bond donors (Lipinski definition) is 2. The van der Waals surface area contributed by atoms with E-state index in [0.29, 0.717) is 41.4 Å². The Bertz CT molecular complexity index is 799. The van der Waals surface area contributed by atoms with E-state index in [2.05, 4.69) is 25.4 Å². The molecule has 1 amide bonds. The number of aromatic nitrogens is 4. The zero-order valence-electron chi connectivity index (χ0n) is 14.2. The van der Waals surface area contributed by atoms with E-state index in [1.54, 1.807) is 13.8 Å². The van der Waals surface area contributed by atoms with Crippen LogP contribution in [0.2, 0.25) is 0 Å². The van der Waals surface area contributed by atoms with Gasteiger partial charge in [-0.25, -0.2) is 4.98 Å². The first-order valence-corrected chi connectivity index (χ1v) is 9.24. The highest BCUT2D eigenvalue weighted by Crippen LogP contribution is 2.35. The lowest BCUT2D eigenvalue weighted by atomic mass is 9.85. The van der Waals surface area contributed by atoms with Crippen molar-refractivity contribution in [2.24, 2.45) is 0 Å². The first kappa shape index (κ1) is 17.7. The second-order valence-corrected chi connectivity index (χ2v) is 7.50. The van der Waals surface area contributed by atoms with Gasteiger partial charge in [0.2, 0.25) is 11.8 Å². The monoisotopic (exact) mass is 363 g/mol. The van der Waals surface area contributed by atoms with Crippen LogP contribution < -0.4 is 10.9 Å². The summed E-state index contributed by atoms with van der Waals surface area (Å²) in [6.45, 7) is 3.95. The number of amides is 1. The van der Waals surface area contributed by atoms with Gasteiger partial charge in [-0.2, -0.15) is 4.98 Å². The smallest absolute Gasteiger partial charge is 0.251 e. The van der Waals surface area contributed by atoms with Crippen molar-refractivity contribution in [3.05, 3.63) is 33.8 Å². The van der Waals surface area contributed by atoms with Gasteiger partial charge in [-0.1, -0.05) is 23.3 Å². The summed E-state index contributed by atoms with van der Waals surface area (Å²) in [5.74, 6) is 1.62. The van der Waals surface area contributed by atoms with E-state index in [1.807, 2.05) is 0 Å². The Morgan fingerprint density at radius 2 is 2.28 bits per heavy atom. The third-order valence-electron chi connectivity index (χ3n) is 4.09. The van der Waals surface area contributed by atoms with E-state index in [0.717, 1.165) is 12.8 Å². The molecule has 0 saturated heterocycles. The zero-order valence-corrected chi connectivity index (χ0v) is 15.1. The lowest BCUT2D eigenvalue weighted by molar-refractivity contribution is -0.120. The summed E-state index contributed by atoms with van der Waals surface area (Å²) < 4.78 is 5.26. The average Bonchev–Trinajstić information content (AvgIpc) is 2.92. The highest BCUT2D eigenvalue weighted by Gasteiger charge is 2.25. The van der Waals surface area contributed by atoms with Gasteiger partial charge in [-0.15, -0.1) is 0 Å². The molecule has 2 aromatic rings. The maximum absolute atomic E-state index is 12.2. The van der Waals surface area contributed by atoms with Gasteiger partial charge in [-0.3, -0.25) is 9.59 Å². The molecule has 1 fully saturated rings. The van der Waals surface area contributed by atoms with Crippen LogP contribution in [0.1, 0.15) is 49.5 Å². The number of thioether (sulfide) groups is 1. The molecule has 2 aromatic heterocycles. The molecule has 134 valence electrons. The Morgan fingerprint density at radius 1 is 1.48 bits per heavy atom. The van der Waals surface area contributed by atoms with Crippen LogP contribution in [0.5, 0.6) is 0 Å². The number of hydrogen-bond acceptors (Lipinski definition) is 7. The number of aromatic amines is 1. The zero-order chi connectivity index (χ0) is 17.8. The number of rotatable bonds is 7. The Kier molecular flexibility index (Phi) is 5.52. The van der Waals surface area contributed by atoms with Crippen LogP contribution in [-0.4, -0.2) is 37.8 Å². The normalized spacial score (nSPS) is 15.6. The SMILES string of the molecule is Cc1cc(=O)[nH]c(S[C@@H](C)C(=O)NCCc2noc(C3CCC3)n2)n1. The second-order valence-electron chi connectivity index (χ2n) is 6.17. The van der Waals surface area contributed by atoms with Crippen molar-refractivity contribution < 1.29 is 9.32 Å². The minimum absolute atomic E-state index is 0.128. The van der Waals surface area contributed by atoms with E-state index >= 15 is 0 Å². The van der Waals surface area contributed by atoms with Crippen molar-refractivity contribution in [1.82, 2.24) is 25.4 Å². The van der Waals surface area contributed by atoms with Gasteiger partial charge in [-0.05, 0) is 26.7 Å². The lowest BCUT2D eigenvalue weighted by Crippen LogP contribution is -2.32. The minimum atomic E-state index is -0.374. The molecular formula is C16H21N5O3S. The van der Waals surface area contributed by atoms with Gasteiger partial charge in [0.25, 0.3) is 5.56 Å². The summed E-state index contributed by atoms with van der Waals surface area (Å²) in [4.78, 5) is 34.8. The van der Waals surface area contributed by atoms with Crippen LogP contribution in [0, 0.1) is 6.92 Å². The number of carbonyl (C=O) groups excluding carboxylic acids is 1. The number of H-pyrrole nitrogens is 1. The molecule has 2 heterocycles. The minimum Gasteiger partial charge on any atom is -0.355 e. The maximum atomic E-state index is 12.2. The molecule has 2 N–H and O–H groups in total. The van der Waals surface area contributed by atoms with Gasteiger partial charge in [0, 0.05) is 30.6 Å². The van der Waals surface area contributed by atoms with Crippen molar-refractivity contribution >= 4 is 17.7 Å². The molecule has 0 aliphatic heterocycles. The number of carbonyl (C=O) groups is 1. The Morgan fingerprint density at radius 3 is 2.96 bits per heavy atom. The highest BCUT2D eigenvalue weighted by molar-refractivity contribution is 8.00. The number of aryl methyl sites for hydroxylation is 1. The summed E-state index contributed by atoms with van der Waals surface area (Å²) in [5, 5.41) is 6.87. The molecule has 0 spiro atoms. The third kappa shape index (κ3) is 4.68. The van der Waals surface area contributed by atoms with Crippen LogP contribution in [0.3, 0.4) is 0 Å². The maximum Gasteiger partial charge on any atom is 0.251 e. The van der Waals surface area contributed by atoms with E-state index in [9.17, 15) is 9.59 Å². The molecule has 0 unspecified atom stereocenters. The van der Waals surface area contributed by atoms with Gasteiger partial charge in [0.05, 0.1) is 5.25 Å². The van der Waals surface area contributed by atoms with E-state index in [1.165, 1.54) is 24.2 Å². The van der Waals surface area contributed by atoms with Crippen molar-refractivity contribution in [2.45, 2.75) is 55.9 Å². The number of nitrogens with zero attached hydrogens (tertiary/aromatic N) is 3. The Balaban J connectivity index is 1.45. The molecule has 25 heavy (non-hydrogen) atoms. The third-order valence-corrected chi connectivity index (χ3v) is 5.08. The Labute approximate surface area is 149 Å². The van der Waals surface area contributed by atoms with E-state index in [4.69, 9.17) is 4.52 Å². The van der Waals surface area contributed by atoms with Crippen molar-refractivity contribution in [3.8, 4) is 0 Å². The molecule has 1 saturated carbocycles. The van der Waals surface area contributed by atoms with Crippen molar-refractivity contribution in [3.63, 3.8) is 0 Å². The average molecular weight is 363 g/mol. The Hall–Kier alpha value is -2.16. The van der Waals surface area contributed by atoms with Crippen LogP contribution in [0.25, 0.3) is 0 Å². The predicted molar refractivity (Wildman–Crippen MR) is 92.5 cm³/mol. The van der Waals surface area contributed by atoms with E-state index in [-0.39, 0.29) is 16.7 Å². The van der Waals surface area contributed by atoms with Gasteiger partial charge in [0.1, 0.15) is 0 Å². The summed E-state index contributed by atoms with van der Waals surface area (Å²) in [6, 6.07) is 1.41. The second kappa shape index (κ2) is 7.81. The summed E-state index contributed by atoms with van der Waals surface area (Å²) in [5.41, 5.74) is 0.403. The van der Waals surface area contributed by atoms with Crippen LogP contribution in [0.4, 0.5) is 0 Å². The molecular weight excluding hydrogens is 342 g/mol. The van der Waals surface area contributed by atoms with Crippen LogP contribution in [-0.2, 0) is 11.2 Å². The van der Waals surface area contributed by atoms with Gasteiger partial charge >= 0.3 is 0 Å². The molecule has 0 bridgehead atoms. The molecule has 8 nitrogen and oxygen atoms in total. The molecule has 1 aliphatic rings. The van der Waals surface area contributed by atoms with Crippen molar-refractivity contribution in [2.75, 3.05) is 6.54 Å². The molecule has 0 radical (unpaired) electrons. The largest absolute Gasteiger partial charge is 0.355 e. The molecule has 3 rings (SSSR count). The summed E-state index contributed by atoms with van der Waals surface area (Å²) in [6.07, 6.45) is 3.97. The van der Waals surface area contributed by atoms with Gasteiger partial charge in [0.15, 0.2) is 11.0 Å². The van der Waals surface area contributed by atoms with Crippen LogP contribution in [0.15, 0.2) is 20.5 Å². The van der Waals surface area contributed by atoms with Crippen molar-refractivity contribution in [1.29, 1.82) is 0 Å². The lowest BCUT2D eigenvalue weighted by Gasteiger charge is -2.20. The molecule has 1 atom stereocenters. The van der Waals surface area contributed by atoms with E-state index < -0.39 is 0 Å². The van der Waals surface area contributed by atoms with Crippen LogP contribution >= 0.6 is 11.8 Å². The fourth-order valence-corrected chi connectivity index (χ4v) is 3.34. The molecule has 1 aliphatic carbocycles.